The highest BCUT2D eigenvalue weighted by Gasteiger charge is 2.21. The second-order valence-corrected chi connectivity index (χ2v) is 12.0. The number of hydrogen-bond donors (Lipinski definition) is 4. The van der Waals surface area contributed by atoms with Crippen LogP contribution in [0.15, 0.2) is 54.6 Å². The van der Waals surface area contributed by atoms with Crippen LogP contribution in [0.25, 0.3) is 22.1 Å². The van der Waals surface area contributed by atoms with Crippen molar-refractivity contribution in [3.05, 3.63) is 94.1 Å². The molecule has 0 saturated carbocycles. The standard InChI is InChI=1S/C35H38N12O4/c1-6-46-27(15-20(4)42-46)32(50)40-34-38-24-17-22(30(36)48)10-11-26(24)44(34)12-8-9-13-45-29-19(3)14-23(31(37)49)18-25(29)39-35(45)41-33(51)28-16-21(5)43-47(28)7-2/h8-11,14-18H,6-7,12-13H2,1-5H3,(H2,36,48)(H2,37,49)(H,38,40,50)(H,39,41,51)/b9-8+. The lowest BCUT2D eigenvalue weighted by Gasteiger charge is -2.11. The molecule has 0 radical (unpaired) electrons. The van der Waals surface area contributed by atoms with E-state index in [0.717, 1.165) is 5.56 Å². The summed E-state index contributed by atoms with van der Waals surface area (Å²) < 4.78 is 6.87. The van der Waals surface area contributed by atoms with Crippen LogP contribution < -0.4 is 22.1 Å². The van der Waals surface area contributed by atoms with Gasteiger partial charge in [-0.25, -0.2) is 9.97 Å². The molecule has 2 aromatic carbocycles. The quantitative estimate of drug-likeness (QED) is 0.139. The number of primary amides is 2. The molecule has 6 rings (SSSR count). The van der Waals surface area contributed by atoms with Crippen molar-refractivity contribution in [2.24, 2.45) is 11.5 Å². The minimum absolute atomic E-state index is 0.265. The van der Waals surface area contributed by atoms with Gasteiger partial charge in [-0.05, 0) is 82.6 Å². The lowest BCUT2D eigenvalue weighted by atomic mass is 10.1. The summed E-state index contributed by atoms with van der Waals surface area (Å²) in [4.78, 5) is 60.1. The molecule has 0 bridgehead atoms. The Kier molecular flexibility index (Phi) is 9.24. The monoisotopic (exact) mass is 690 g/mol. The van der Waals surface area contributed by atoms with Gasteiger partial charge in [0.15, 0.2) is 0 Å². The minimum atomic E-state index is -0.595. The van der Waals surface area contributed by atoms with Gasteiger partial charge in [0.25, 0.3) is 11.8 Å². The third kappa shape index (κ3) is 6.70. The highest BCUT2D eigenvalue weighted by atomic mass is 16.2. The summed E-state index contributed by atoms with van der Waals surface area (Å²) in [5.74, 6) is -1.41. The number of nitrogens with zero attached hydrogens (tertiary/aromatic N) is 8. The second-order valence-electron chi connectivity index (χ2n) is 12.0. The molecule has 0 aliphatic rings. The van der Waals surface area contributed by atoms with Crippen LogP contribution in [0.5, 0.6) is 0 Å². The van der Waals surface area contributed by atoms with Crippen molar-refractivity contribution in [1.29, 1.82) is 0 Å². The number of carbonyl (C=O) groups is 4. The van der Waals surface area contributed by atoms with E-state index >= 15 is 0 Å². The van der Waals surface area contributed by atoms with Gasteiger partial charge in [-0.15, -0.1) is 0 Å². The fourth-order valence-corrected chi connectivity index (χ4v) is 6.09. The van der Waals surface area contributed by atoms with E-state index in [1.165, 1.54) is 0 Å². The van der Waals surface area contributed by atoms with Crippen LogP contribution >= 0.6 is 0 Å². The van der Waals surface area contributed by atoms with E-state index in [1.54, 1.807) is 56.4 Å². The zero-order valence-electron chi connectivity index (χ0n) is 28.9. The van der Waals surface area contributed by atoms with E-state index in [1.807, 2.05) is 51.3 Å². The Balaban J connectivity index is 1.34. The molecule has 51 heavy (non-hydrogen) atoms. The summed E-state index contributed by atoms with van der Waals surface area (Å²) >= 11 is 0. The van der Waals surface area contributed by atoms with E-state index in [4.69, 9.17) is 11.5 Å². The first-order chi connectivity index (χ1) is 24.4. The van der Waals surface area contributed by atoms with Gasteiger partial charge in [0.2, 0.25) is 23.7 Å². The number of fused-ring (bicyclic) bond motifs is 2. The third-order valence-corrected chi connectivity index (χ3v) is 8.41. The second kappa shape index (κ2) is 13.7. The molecule has 4 amide bonds. The van der Waals surface area contributed by atoms with Crippen LogP contribution in [0.2, 0.25) is 0 Å². The first-order valence-electron chi connectivity index (χ1n) is 16.4. The average molecular weight is 691 g/mol. The Morgan fingerprint density at radius 2 is 1.20 bits per heavy atom. The molecule has 16 heteroatoms. The molecule has 262 valence electrons. The molecule has 0 spiro atoms. The van der Waals surface area contributed by atoms with Gasteiger partial charge in [-0.1, -0.05) is 12.2 Å². The van der Waals surface area contributed by atoms with E-state index in [9.17, 15) is 19.2 Å². The third-order valence-electron chi connectivity index (χ3n) is 8.41. The van der Waals surface area contributed by atoms with Crippen molar-refractivity contribution < 1.29 is 19.2 Å². The molecule has 6 N–H and O–H groups in total. The van der Waals surface area contributed by atoms with Crippen molar-refractivity contribution in [3.8, 4) is 0 Å². The Morgan fingerprint density at radius 3 is 1.75 bits per heavy atom. The number of nitrogens with two attached hydrogens (primary N) is 2. The first-order valence-corrected chi connectivity index (χ1v) is 16.4. The highest BCUT2D eigenvalue weighted by Crippen LogP contribution is 2.26. The summed E-state index contributed by atoms with van der Waals surface area (Å²) in [6.07, 6.45) is 3.78. The zero-order valence-corrected chi connectivity index (χ0v) is 28.9. The Morgan fingerprint density at radius 1 is 0.686 bits per heavy atom. The molecular weight excluding hydrogens is 652 g/mol. The molecule has 4 aromatic heterocycles. The van der Waals surface area contributed by atoms with Crippen molar-refractivity contribution in [2.45, 2.75) is 60.8 Å². The number of imidazole rings is 2. The molecule has 0 unspecified atom stereocenters. The van der Waals surface area contributed by atoms with Gasteiger partial charge in [-0.2, -0.15) is 10.2 Å². The first kappa shape index (κ1) is 34.3. The van der Waals surface area contributed by atoms with E-state index in [2.05, 4.69) is 30.8 Å². The van der Waals surface area contributed by atoms with Gasteiger partial charge in [0, 0.05) is 37.3 Å². The predicted molar refractivity (Wildman–Crippen MR) is 192 cm³/mol. The number of nitrogens with one attached hydrogen (secondary N) is 2. The van der Waals surface area contributed by atoms with Crippen molar-refractivity contribution in [2.75, 3.05) is 10.6 Å². The number of hydrogen-bond acceptors (Lipinski definition) is 8. The number of rotatable bonds is 12. The summed E-state index contributed by atoms with van der Waals surface area (Å²) in [6, 6.07) is 11.6. The van der Waals surface area contributed by atoms with Gasteiger partial charge in [-0.3, -0.25) is 39.2 Å². The molecule has 0 atom stereocenters. The molecule has 0 saturated heterocycles. The fourth-order valence-electron chi connectivity index (χ4n) is 6.09. The maximum Gasteiger partial charge on any atom is 0.276 e. The smallest absolute Gasteiger partial charge is 0.276 e. The fraction of sp³-hybridized carbons (Fsp3) is 0.257. The molecule has 0 aliphatic heterocycles. The number of allylic oxidation sites excluding steroid dienone is 2. The Labute approximate surface area is 292 Å². The number of carbonyl (C=O) groups excluding carboxylic acids is 4. The highest BCUT2D eigenvalue weighted by molar-refractivity contribution is 6.05. The van der Waals surface area contributed by atoms with Gasteiger partial charge >= 0.3 is 0 Å². The summed E-state index contributed by atoms with van der Waals surface area (Å²) in [5, 5.41) is 14.6. The number of amides is 4. The molecule has 4 heterocycles. The van der Waals surface area contributed by atoms with Crippen LogP contribution in [0.1, 0.15) is 72.5 Å². The Bertz CT molecular complexity index is 2390. The number of anilines is 2. The maximum absolute atomic E-state index is 13.4. The van der Waals surface area contributed by atoms with Crippen LogP contribution in [-0.4, -0.2) is 62.3 Å². The van der Waals surface area contributed by atoms with Crippen LogP contribution in [-0.2, 0) is 26.2 Å². The maximum atomic E-state index is 13.4. The van der Waals surface area contributed by atoms with Crippen molar-refractivity contribution in [3.63, 3.8) is 0 Å². The molecule has 16 nitrogen and oxygen atoms in total. The van der Waals surface area contributed by atoms with Gasteiger partial charge in [0.1, 0.15) is 11.4 Å². The SMILES string of the molecule is CCn1nc(C)cc1C(=O)Nc1nc2cc(C(N)=O)ccc2n1C/C=C/Cn1c(NC(=O)c2cc(C)nn2CC)nc2cc(C(N)=O)cc(C)c21. The van der Waals surface area contributed by atoms with E-state index < -0.39 is 11.8 Å². The van der Waals surface area contributed by atoms with Gasteiger partial charge in [0.05, 0.1) is 33.5 Å². The lowest BCUT2D eigenvalue weighted by molar-refractivity contribution is 0.0992. The summed E-state index contributed by atoms with van der Waals surface area (Å²) in [7, 11) is 0. The largest absolute Gasteiger partial charge is 0.366 e. The van der Waals surface area contributed by atoms with Crippen LogP contribution in [0.4, 0.5) is 11.9 Å². The number of aryl methyl sites for hydroxylation is 5. The van der Waals surface area contributed by atoms with E-state index in [-0.39, 0.29) is 42.4 Å². The molecule has 0 fully saturated rings. The zero-order chi connectivity index (χ0) is 36.6. The topological polar surface area (TPSA) is 216 Å². The summed E-state index contributed by atoms with van der Waals surface area (Å²) in [6.45, 7) is 10.8. The molecular formula is C35H38N12O4. The minimum Gasteiger partial charge on any atom is -0.366 e. The molecule has 6 aromatic rings. The van der Waals surface area contributed by atoms with E-state index in [0.29, 0.717) is 63.5 Å². The van der Waals surface area contributed by atoms with Crippen molar-refractivity contribution in [1.82, 2.24) is 38.7 Å². The number of aromatic nitrogens is 8. The van der Waals surface area contributed by atoms with Crippen LogP contribution in [0, 0.1) is 20.8 Å². The van der Waals surface area contributed by atoms with Gasteiger partial charge < -0.3 is 20.6 Å². The van der Waals surface area contributed by atoms with Crippen molar-refractivity contribution >= 4 is 57.6 Å². The lowest BCUT2D eigenvalue weighted by Crippen LogP contribution is -2.20. The Hall–Kier alpha value is -6.58. The average Bonchev–Trinajstić information content (AvgIpc) is 3.85. The predicted octanol–water partition coefficient (Wildman–Crippen LogP) is 3.70. The summed E-state index contributed by atoms with van der Waals surface area (Å²) in [5.41, 5.74) is 17.0. The normalized spacial score (nSPS) is 11.5. The van der Waals surface area contributed by atoms with Crippen LogP contribution in [0.3, 0.4) is 0 Å². The number of benzene rings is 2. The molecule has 0 aliphatic carbocycles.